The maximum atomic E-state index is 12.5. The molecule has 0 saturated heterocycles. The first kappa shape index (κ1) is 18.1. The van der Waals surface area contributed by atoms with E-state index in [0.29, 0.717) is 11.1 Å². The van der Waals surface area contributed by atoms with Crippen molar-refractivity contribution in [1.29, 1.82) is 0 Å². The molecule has 1 aliphatic rings. The summed E-state index contributed by atoms with van der Waals surface area (Å²) in [5.74, 6) is -2.03. The van der Waals surface area contributed by atoms with Crippen molar-refractivity contribution >= 4 is 12.0 Å². The van der Waals surface area contributed by atoms with Crippen LogP contribution in [0.15, 0.2) is 24.3 Å². The van der Waals surface area contributed by atoms with Gasteiger partial charge in [-0.1, -0.05) is 24.3 Å². The van der Waals surface area contributed by atoms with Crippen LogP contribution in [-0.4, -0.2) is 35.2 Å². The highest BCUT2D eigenvalue weighted by molar-refractivity contribution is 5.82. The van der Waals surface area contributed by atoms with Gasteiger partial charge in [0.2, 0.25) is 0 Å². The lowest BCUT2D eigenvalue weighted by Crippen LogP contribution is -2.48. The van der Waals surface area contributed by atoms with E-state index in [1.807, 2.05) is 5.32 Å². The lowest BCUT2D eigenvalue weighted by Gasteiger charge is -2.36. The molecular weight excluding hydrogens is 325 g/mol. The Kier molecular flexibility index (Phi) is 4.77. The highest BCUT2D eigenvalue weighted by Gasteiger charge is 2.41. The van der Waals surface area contributed by atoms with Crippen LogP contribution < -0.4 is 5.32 Å². The molecule has 0 aromatic heterocycles. The molecule has 2 rings (SSSR count). The number of hydrogen-bond donors (Lipinski definition) is 1. The second-order valence-corrected chi connectivity index (χ2v) is 6.58. The number of carbonyl (C=O) groups is 2. The van der Waals surface area contributed by atoms with Gasteiger partial charge in [0, 0.05) is 13.1 Å². The molecule has 0 fully saturated rings. The molecule has 2 amide bonds. The third-order valence-electron chi connectivity index (χ3n) is 3.41. The largest absolute Gasteiger partial charge is 0.471 e. The van der Waals surface area contributed by atoms with Crippen LogP contribution in [0.25, 0.3) is 0 Å². The van der Waals surface area contributed by atoms with Crippen LogP contribution in [0.1, 0.15) is 37.9 Å². The van der Waals surface area contributed by atoms with E-state index in [0.717, 1.165) is 0 Å². The molecular formula is C16H19F3N2O3. The number of nitrogens with zero attached hydrogens (tertiary/aromatic N) is 1. The first-order chi connectivity index (χ1) is 11.0. The summed E-state index contributed by atoms with van der Waals surface area (Å²) in [5.41, 5.74) is 0.510. The van der Waals surface area contributed by atoms with Crippen molar-refractivity contribution in [3.05, 3.63) is 35.4 Å². The Morgan fingerprint density at radius 1 is 1.21 bits per heavy atom. The van der Waals surface area contributed by atoms with Crippen molar-refractivity contribution in [2.75, 3.05) is 6.54 Å². The van der Waals surface area contributed by atoms with Gasteiger partial charge in [-0.25, -0.2) is 4.79 Å². The van der Waals surface area contributed by atoms with Gasteiger partial charge < -0.3 is 15.0 Å². The molecule has 1 N–H and O–H groups in total. The number of nitrogens with one attached hydrogen (secondary N) is 1. The zero-order chi connectivity index (χ0) is 18.1. The third kappa shape index (κ3) is 4.39. The third-order valence-corrected chi connectivity index (χ3v) is 3.41. The van der Waals surface area contributed by atoms with Crippen molar-refractivity contribution in [3.8, 4) is 0 Å². The Hall–Kier alpha value is -2.25. The fraction of sp³-hybridized carbons (Fsp3) is 0.500. The highest BCUT2D eigenvalue weighted by Crippen LogP contribution is 2.28. The summed E-state index contributed by atoms with van der Waals surface area (Å²) in [4.78, 5) is 24.8. The van der Waals surface area contributed by atoms with Gasteiger partial charge in [-0.2, -0.15) is 13.2 Å². The maximum Gasteiger partial charge on any atom is 0.471 e. The predicted octanol–water partition coefficient (Wildman–Crippen LogP) is 3.16. The Morgan fingerprint density at radius 2 is 1.83 bits per heavy atom. The topological polar surface area (TPSA) is 58.6 Å². The zero-order valence-electron chi connectivity index (χ0n) is 13.6. The van der Waals surface area contributed by atoms with E-state index in [4.69, 9.17) is 4.74 Å². The van der Waals surface area contributed by atoms with Crippen LogP contribution >= 0.6 is 0 Å². The van der Waals surface area contributed by atoms with E-state index in [1.165, 1.54) is 4.90 Å². The monoisotopic (exact) mass is 344 g/mol. The Morgan fingerprint density at radius 3 is 2.42 bits per heavy atom. The Balaban J connectivity index is 2.23. The molecule has 24 heavy (non-hydrogen) atoms. The van der Waals surface area contributed by atoms with E-state index in [9.17, 15) is 22.8 Å². The second kappa shape index (κ2) is 6.33. The summed E-state index contributed by atoms with van der Waals surface area (Å²) in [6, 6.07) is 5.80. The van der Waals surface area contributed by atoms with Crippen LogP contribution in [-0.2, 0) is 16.1 Å². The van der Waals surface area contributed by atoms with Gasteiger partial charge in [0.1, 0.15) is 5.60 Å². The van der Waals surface area contributed by atoms with Crippen LogP contribution in [0, 0.1) is 0 Å². The molecule has 1 heterocycles. The molecule has 8 heteroatoms. The maximum absolute atomic E-state index is 12.5. The fourth-order valence-electron chi connectivity index (χ4n) is 2.44. The van der Waals surface area contributed by atoms with E-state index < -0.39 is 29.8 Å². The van der Waals surface area contributed by atoms with Gasteiger partial charge in [-0.3, -0.25) is 4.79 Å². The summed E-state index contributed by atoms with van der Waals surface area (Å²) in [6.45, 7) is 5.22. The molecule has 0 bridgehead atoms. The lowest BCUT2D eigenvalue weighted by atomic mass is 9.95. The number of amides is 2. The Labute approximate surface area is 137 Å². The second-order valence-electron chi connectivity index (χ2n) is 6.58. The van der Waals surface area contributed by atoms with E-state index in [-0.39, 0.29) is 13.1 Å². The number of ether oxygens (including phenoxy) is 1. The summed E-state index contributed by atoms with van der Waals surface area (Å²) < 4.78 is 42.9. The minimum atomic E-state index is -4.98. The van der Waals surface area contributed by atoms with Crippen LogP contribution in [0.3, 0.4) is 0 Å². The standard InChI is InChI=1S/C16H19F3N2O3/c1-15(2,3)24-14(23)21-8-10-6-4-5-7-11(10)12(9-21)20-13(22)16(17,18)19/h4-7,12H,8-9H2,1-3H3,(H,20,22). The first-order valence-corrected chi connectivity index (χ1v) is 7.41. The predicted molar refractivity (Wildman–Crippen MR) is 80.0 cm³/mol. The molecule has 0 saturated carbocycles. The molecule has 0 spiro atoms. The van der Waals surface area contributed by atoms with Crippen molar-refractivity contribution in [1.82, 2.24) is 10.2 Å². The normalized spacial score (nSPS) is 17.9. The molecule has 5 nitrogen and oxygen atoms in total. The van der Waals surface area contributed by atoms with Gasteiger partial charge in [-0.15, -0.1) is 0 Å². The average Bonchev–Trinajstić information content (AvgIpc) is 2.44. The molecule has 132 valence electrons. The minimum absolute atomic E-state index is 0.0895. The zero-order valence-corrected chi connectivity index (χ0v) is 13.6. The van der Waals surface area contributed by atoms with Gasteiger partial charge in [-0.05, 0) is 31.9 Å². The molecule has 1 aliphatic heterocycles. The summed E-state index contributed by atoms with van der Waals surface area (Å²) in [5, 5.41) is 1.95. The van der Waals surface area contributed by atoms with Gasteiger partial charge in [0.05, 0.1) is 6.04 Å². The number of halogens is 3. The fourth-order valence-corrected chi connectivity index (χ4v) is 2.44. The van der Waals surface area contributed by atoms with Crippen LogP contribution in [0.4, 0.5) is 18.0 Å². The van der Waals surface area contributed by atoms with Crippen molar-refractivity contribution < 1.29 is 27.5 Å². The molecule has 0 aliphatic carbocycles. The number of hydrogen-bond acceptors (Lipinski definition) is 3. The molecule has 1 aromatic carbocycles. The van der Waals surface area contributed by atoms with Gasteiger partial charge in [0.25, 0.3) is 0 Å². The highest BCUT2D eigenvalue weighted by atomic mass is 19.4. The molecule has 1 unspecified atom stereocenters. The average molecular weight is 344 g/mol. The van der Waals surface area contributed by atoms with Crippen molar-refractivity contribution in [2.24, 2.45) is 0 Å². The van der Waals surface area contributed by atoms with E-state index in [1.54, 1.807) is 45.0 Å². The van der Waals surface area contributed by atoms with Crippen LogP contribution in [0.2, 0.25) is 0 Å². The quantitative estimate of drug-likeness (QED) is 0.851. The van der Waals surface area contributed by atoms with Crippen LogP contribution in [0.5, 0.6) is 0 Å². The van der Waals surface area contributed by atoms with Crippen molar-refractivity contribution in [3.63, 3.8) is 0 Å². The van der Waals surface area contributed by atoms with Crippen molar-refractivity contribution in [2.45, 2.75) is 45.1 Å². The molecule has 1 aromatic rings. The number of fused-ring (bicyclic) bond motifs is 1. The van der Waals surface area contributed by atoms with Gasteiger partial charge in [0.15, 0.2) is 0 Å². The SMILES string of the molecule is CC(C)(C)OC(=O)N1Cc2ccccc2C(NC(=O)C(F)(F)F)C1. The smallest absolute Gasteiger partial charge is 0.444 e. The number of alkyl halides is 3. The van der Waals surface area contributed by atoms with E-state index in [2.05, 4.69) is 0 Å². The summed E-state index contributed by atoms with van der Waals surface area (Å²) in [7, 11) is 0. The first-order valence-electron chi connectivity index (χ1n) is 7.41. The number of benzene rings is 1. The number of carbonyl (C=O) groups excluding carboxylic acids is 2. The molecule has 0 radical (unpaired) electrons. The summed E-state index contributed by atoms with van der Waals surface area (Å²) >= 11 is 0. The van der Waals surface area contributed by atoms with E-state index >= 15 is 0 Å². The molecule has 1 atom stereocenters. The Bertz CT molecular complexity index is 638. The lowest BCUT2D eigenvalue weighted by molar-refractivity contribution is -0.174. The number of rotatable bonds is 1. The summed E-state index contributed by atoms with van der Waals surface area (Å²) in [6.07, 6.45) is -5.62. The minimum Gasteiger partial charge on any atom is -0.444 e. The van der Waals surface area contributed by atoms with Gasteiger partial charge >= 0.3 is 18.2 Å².